The van der Waals surface area contributed by atoms with Gasteiger partial charge in [0.1, 0.15) is 0 Å². The molecule has 22 heavy (non-hydrogen) atoms. The smallest absolute Gasteiger partial charge is 0.226 e. The quantitative estimate of drug-likeness (QED) is 0.851. The topological polar surface area (TPSA) is 32.3 Å². The zero-order valence-corrected chi connectivity index (χ0v) is 14.3. The predicted octanol–water partition coefficient (Wildman–Crippen LogP) is 4.26. The lowest BCUT2D eigenvalue weighted by atomic mass is 9.89. The number of nitrogens with zero attached hydrogens (tertiary/aromatic N) is 1. The molecular formula is C19H30N2O. The van der Waals surface area contributed by atoms with E-state index in [2.05, 4.69) is 35.3 Å². The third kappa shape index (κ3) is 4.84. The molecule has 1 saturated heterocycles. The van der Waals surface area contributed by atoms with Crippen LogP contribution in [0.15, 0.2) is 24.3 Å². The second-order valence-electron chi connectivity index (χ2n) is 6.74. The van der Waals surface area contributed by atoms with Crippen molar-refractivity contribution in [3.63, 3.8) is 0 Å². The van der Waals surface area contributed by atoms with Gasteiger partial charge >= 0.3 is 0 Å². The van der Waals surface area contributed by atoms with Crippen LogP contribution in [-0.4, -0.2) is 30.4 Å². The van der Waals surface area contributed by atoms with Crippen LogP contribution < -0.4 is 5.32 Å². The van der Waals surface area contributed by atoms with E-state index < -0.39 is 0 Å². The predicted molar refractivity (Wildman–Crippen MR) is 93.2 cm³/mol. The van der Waals surface area contributed by atoms with Crippen LogP contribution in [0.4, 0.5) is 5.69 Å². The maximum absolute atomic E-state index is 11.8. The largest absolute Gasteiger partial charge is 0.326 e. The number of piperidine rings is 1. The highest BCUT2D eigenvalue weighted by molar-refractivity contribution is 5.92. The summed E-state index contributed by atoms with van der Waals surface area (Å²) in [5.41, 5.74) is 2.31. The van der Waals surface area contributed by atoms with Crippen molar-refractivity contribution >= 4 is 11.6 Å². The average molecular weight is 302 g/mol. The first-order chi connectivity index (χ1) is 10.6. The lowest BCUT2D eigenvalue weighted by Crippen LogP contribution is -2.33. The van der Waals surface area contributed by atoms with Gasteiger partial charge in [-0.25, -0.2) is 0 Å². The van der Waals surface area contributed by atoms with E-state index in [4.69, 9.17) is 0 Å². The Bertz CT molecular complexity index is 476. The van der Waals surface area contributed by atoms with Crippen molar-refractivity contribution in [3.8, 4) is 0 Å². The van der Waals surface area contributed by atoms with Gasteiger partial charge in [-0.15, -0.1) is 0 Å². The number of hydrogen-bond acceptors (Lipinski definition) is 2. The Morgan fingerprint density at radius 3 is 2.68 bits per heavy atom. The molecule has 0 saturated carbocycles. The maximum Gasteiger partial charge on any atom is 0.226 e. The molecule has 1 amide bonds. The molecule has 0 unspecified atom stereocenters. The van der Waals surface area contributed by atoms with Gasteiger partial charge in [-0.05, 0) is 62.5 Å². The molecule has 0 aliphatic carbocycles. The van der Waals surface area contributed by atoms with Crippen molar-refractivity contribution in [2.24, 2.45) is 5.92 Å². The summed E-state index contributed by atoms with van der Waals surface area (Å²) in [6, 6.07) is 8.42. The first kappa shape index (κ1) is 17.0. The van der Waals surface area contributed by atoms with Gasteiger partial charge in [0.05, 0.1) is 0 Å². The van der Waals surface area contributed by atoms with E-state index in [-0.39, 0.29) is 11.8 Å². The standard InChI is InChI=1S/C19H30N2O/c1-4-5-11-21-12-9-16(10-13-21)17-7-6-8-18(14-17)20-19(22)15(2)3/h6-8,14-16H,4-5,9-13H2,1-3H3,(H,20,22). The van der Waals surface area contributed by atoms with Crippen LogP contribution in [0.3, 0.4) is 0 Å². The summed E-state index contributed by atoms with van der Waals surface area (Å²) in [5.74, 6) is 0.741. The van der Waals surface area contributed by atoms with Crippen LogP contribution in [0.1, 0.15) is 57.9 Å². The van der Waals surface area contributed by atoms with Gasteiger partial charge in [-0.2, -0.15) is 0 Å². The Hall–Kier alpha value is -1.35. The second-order valence-corrected chi connectivity index (χ2v) is 6.74. The van der Waals surface area contributed by atoms with Gasteiger partial charge in [0.15, 0.2) is 0 Å². The first-order valence-electron chi connectivity index (χ1n) is 8.73. The molecule has 1 heterocycles. The van der Waals surface area contributed by atoms with Gasteiger partial charge in [0, 0.05) is 11.6 Å². The van der Waals surface area contributed by atoms with Crippen molar-refractivity contribution in [1.82, 2.24) is 4.90 Å². The van der Waals surface area contributed by atoms with Gasteiger partial charge in [0.2, 0.25) is 5.91 Å². The minimum Gasteiger partial charge on any atom is -0.326 e. The fourth-order valence-electron chi connectivity index (χ4n) is 3.03. The molecular weight excluding hydrogens is 272 g/mol. The van der Waals surface area contributed by atoms with Crippen molar-refractivity contribution in [2.45, 2.75) is 52.4 Å². The van der Waals surface area contributed by atoms with Gasteiger partial charge in [-0.1, -0.05) is 39.3 Å². The Balaban J connectivity index is 1.92. The molecule has 0 bridgehead atoms. The Morgan fingerprint density at radius 1 is 1.32 bits per heavy atom. The van der Waals surface area contributed by atoms with E-state index in [0.717, 1.165) is 5.69 Å². The minimum atomic E-state index is 0.0189. The molecule has 122 valence electrons. The second kappa shape index (κ2) is 8.33. The Kier molecular flexibility index (Phi) is 6.44. The molecule has 0 aromatic heterocycles. The van der Waals surface area contributed by atoms with Crippen molar-refractivity contribution in [3.05, 3.63) is 29.8 Å². The number of amides is 1. The van der Waals surface area contributed by atoms with E-state index in [1.165, 1.54) is 50.9 Å². The summed E-state index contributed by atoms with van der Waals surface area (Å²) >= 11 is 0. The third-order valence-corrected chi connectivity index (χ3v) is 4.57. The summed E-state index contributed by atoms with van der Waals surface area (Å²) in [4.78, 5) is 14.4. The number of benzene rings is 1. The molecule has 0 atom stereocenters. The van der Waals surface area contributed by atoms with Crippen LogP contribution in [0, 0.1) is 5.92 Å². The molecule has 1 aromatic carbocycles. The van der Waals surface area contributed by atoms with E-state index in [1.807, 2.05) is 19.9 Å². The number of nitrogens with one attached hydrogen (secondary N) is 1. The van der Waals surface area contributed by atoms with Crippen LogP contribution >= 0.6 is 0 Å². The monoisotopic (exact) mass is 302 g/mol. The molecule has 1 fully saturated rings. The number of carbonyl (C=O) groups is 1. The number of anilines is 1. The maximum atomic E-state index is 11.8. The summed E-state index contributed by atoms with van der Waals surface area (Å²) in [6.45, 7) is 9.74. The van der Waals surface area contributed by atoms with Gasteiger partial charge < -0.3 is 10.2 Å². The lowest BCUT2D eigenvalue weighted by molar-refractivity contribution is -0.118. The molecule has 3 nitrogen and oxygen atoms in total. The van der Waals surface area contributed by atoms with Crippen molar-refractivity contribution in [1.29, 1.82) is 0 Å². The van der Waals surface area contributed by atoms with Gasteiger partial charge in [-0.3, -0.25) is 4.79 Å². The first-order valence-corrected chi connectivity index (χ1v) is 8.73. The van der Waals surface area contributed by atoms with Crippen molar-refractivity contribution < 1.29 is 4.79 Å². The Labute approximate surface area is 135 Å². The SMILES string of the molecule is CCCCN1CCC(c2cccc(NC(=O)C(C)C)c2)CC1. The van der Waals surface area contributed by atoms with Crippen LogP contribution in [0.2, 0.25) is 0 Å². The third-order valence-electron chi connectivity index (χ3n) is 4.57. The molecule has 1 aromatic rings. The summed E-state index contributed by atoms with van der Waals surface area (Å²) in [7, 11) is 0. The highest BCUT2D eigenvalue weighted by Crippen LogP contribution is 2.29. The zero-order chi connectivity index (χ0) is 15.9. The van der Waals surface area contributed by atoms with Crippen LogP contribution in [-0.2, 0) is 4.79 Å². The van der Waals surface area contributed by atoms with E-state index in [1.54, 1.807) is 0 Å². The molecule has 3 heteroatoms. The molecule has 0 spiro atoms. The highest BCUT2D eigenvalue weighted by Gasteiger charge is 2.20. The number of carbonyl (C=O) groups excluding carboxylic acids is 1. The number of rotatable bonds is 6. The summed E-state index contributed by atoms with van der Waals surface area (Å²) in [5, 5.41) is 3.01. The zero-order valence-electron chi connectivity index (χ0n) is 14.3. The molecule has 1 N–H and O–H groups in total. The summed E-state index contributed by atoms with van der Waals surface area (Å²) < 4.78 is 0. The van der Waals surface area contributed by atoms with E-state index >= 15 is 0 Å². The van der Waals surface area contributed by atoms with Crippen LogP contribution in [0.25, 0.3) is 0 Å². The minimum absolute atomic E-state index is 0.0189. The fraction of sp³-hybridized carbons (Fsp3) is 0.632. The normalized spacial score (nSPS) is 16.9. The fourth-order valence-corrected chi connectivity index (χ4v) is 3.03. The molecule has 1 aliphatic heterocycles. The highest BCUT2D eigenvalue weighted by atomic mass is 16.1. The van der Waals surface area contributed by atoms with E-state index in [0.29, 0.717) is 5.92 Å². The molecule has 1 aliphatic rings. The van der Waals surface area contributed by atoms with Crippen LogP contribution in [0.5, 0.6) is 0 Å². The number of likely N-dealkylation sites (tertiary alicyclic amines) is 1. The average Bonchev–Trinajstić information content (AvgIpc) is 2.53. The molecule has 2 rings (SSSR count). The number of unbranched alkanes of at least 4 members (excludes halogenated alkanes) is 1. The van der Waals surface area contributed by atoms with Crippen molar-refractivity contribution in [2.75, 3.05) is 25.0 Å². The van der Waals surface area contributed by atoms with E-state index in [9.17, 15) is 4.79 Å². The Morgan fingerprint density at radius 2 is 2.05 bits per heavy atom. The number of hydrogen-bond donors (Lipinski definition) is 1. The lowest BCUT2D eigenvalue weighted by Gasteiger charge is -2.32. The van der Waals surface area contributed by atoms with Gasteiger partial charge in [0.25, 0.3) is 0 Å². The molecule has 0 radical (unpaired) electrons. The summed E-state index contributed by atoms with van der Waals surface area (Å²) in [6.07, 6.45) is 5.04.